The largest absolute Gasteiger partial charge is 0.377 e. The molecule has 0 bridgehead atoms. The molecule has 3 aromatic rings. The smallest absolute Gasteiger partial charge is 0.270 e. The molecule has 6 heteroatoms. The highest BCUT2D eigenvalue weighted by atomic mass is 28.3. The van der Waals surface area contributed by atoms with Gasteiger partial charge in [0.25, 0.3) is 5.69 Å². The molecular weight excluding hydrogens is 368 g/mol. The Labute approximate surface area is 166 Å². The molecule has 146 valence electrons. The fraction of sp³-hybridized carbons (Fsp3) is 0.273. The molecule has 2 aromatic carbocycles. The van der Waals surface area contributed by atoms with Crippen LogP contribution >= 0.6 is 0 Å². The second-order valence-electron chi connectivity index (χ2n) is 8.07. The number of hydrogen-bond donors (Lipinski definition) is 1. The Balaban J connectivity index is 1.92. The number of nitrogens with zero attached hydrogens (tertiary/aromatic N) is 1. The third kappa shape index (κ3) is 4.58. The van der Waals surface area contributed by atoms with E-state index in [4.69, 9.17) is 4.74 Å². The molecule has 1 heterocycles. The Morgan fingerprint density at radius 3 is 2.61 bits per heavy atom. The number of nitro benzene ring substituents is 1. The Kier molecular flexibility index (Phi) is 5.81. The third-order valence-corrected chi connectivity index (χ3v) is 7.67. The standard InChI is InChI=1S/C22H26N2O3Si/c1-16(28(2,3)4)27-15-20-19-10-5-6-11-21(19)23-22(20)13-12-17-8-7-9-18(14-17)24(25)26/h5-14,16,23H,15H2,1-4H3. The summed E-state index contributed by atoms with van der Waals surface area (Å²) < 4.78 is 6.22. The number of non-ortho nitro benzene ring substituents is 1. The molecule has 0 aliphatic heterocycles. The molecule has 28 heavy (non-hydrogen) atoms. The first-order chi connectivity index (χ1) is 13.3. The van der Waals surface area contributed by atoms with E-state index in [9.17, 15) is 10.1 Å². The highest BCUT2D eigenvalue weighted by Crippen LogP contribution is 2.26. The van der Waals surface area contributed by atoms with Crippen molar-refractivity contribution < 1.29 is 9.66 Å². The van der Waals surface area contributed by atoms with Crippen molar-refractivity contribution in [1.82, 2.24) is 4.98 Å². The lowest BCUT2D eigenvalue weighted by Gasteiger charge is -2.25. The number of nitro groups is 1. The molecule has 5 nitrogen and oxygen atoms in total. The summed E-state index contributed by atoms with van der Waals surface area (Å²) in [7, 11) is -1.38. The van der Waals surface area contributed by atoms with E-state index >= 15 is 0 Å². The number of aromatic amines is 1. The Hall–Kier alpha value is -2.70. The van der Waals surface area contributed by atoms with E-state index in [0.717, 1.165) is 27.7 Å². The van der Waals surface area contributed by atoms with Crippen molar-refractivity contribution in [3.8, 4) is 0 Å². The van der Waals surface area contributed by atoms with Gasteiger partial charge in [-0.2, -0.15) is 0 Å². The molecule has 0 saturated carbocycles. The number of H-pyrrole nitrogens is 1. The van der Waals surface area contributed by atoms with Gasteiger partial charge in [0.05, 0.1) is 19.6 Å². The van der Waals surface area contributed by atoms with E-state index in [1.165, 1.54) is 6.07 Å². The van der Waals surface area contributed by atoms with E-state index < -0.39 is 8.07 Å². The van der Waals surface area contributed by atoms with Crippen LogP contribution in [-0.2, 0) is 11.3 Å². The number of nitrogens with one attached hydrogen (secondary N) is 1. The summed E-state index contributed by atoms with van der Waals surface area (Å²) in [5, 5.41) is 12.1. The van der Waals surface area contributed by atoms with Crippen LogP contribution in [0, 0.1) is 10.1 Å². The van der Waals surface area contributed by atoms with Gasteiger partial charge in [-0.3, -0.25) is 10.1 Å². The zero-order valence-corrected chi connectivity index (χ0v) is 17.7. The molecule has 1 aromatic heterocycles. The molecule has 3 rings (SSSR count). The third-order valence-electron chi connectivity index (χ3n) is 5.07. The van der Waals surface area contributed by atoms with Gasteiger partial charge in [-0.1, -0.05) is 56.0 Å². The monoisotopic (exact) mass is 394 g/mol. The summed E-state index contributed by atoms with van der Waals surface area (Å²) in [6.45, 7) is 9.59. The molecule has 0 aliphatic carbocycles. The summed E-state index contributed by atoms with van der Waals surface area (Å²) in [4.78, 5) is 14.1. The number of benzene rings is 2. The first-order valence-electron chi connectivity index (χ1n) is 9.39. The summed E-state index contributed by atoms with van der Waals surface area (Å²) in [6, 6.07) is 14.8. The maximum atomic E-state index is 11.0. The summed E-state index contributed by atoms with van der Waals surface area (Å²) >= 11 is 0. The number of ether oxygens (including phenoxy) is 1. The van der Waals surface area contributed by atoms with E-state index in [1.54, 1.807) is 12.1 Å². The second-order valence-corrected chi connectivity index (χ2v) is 13.6. The molecule has 0 saturated heterocycles. The minimum Gasteiger partial charge on any atom is -0.377 e. The molecule has 0 radical (unpaired) electrons. The minimum atomic E-state index is -1.38. The first kappa shape index (κ1) is 20.0. The van der Waals surface area contributed by atoms with Gasteiger partial charge in [-0.15, -0.1) is 0 Å². The molecule has 1 atom stereocenters. The Morgan fingerprint density at radius 1 is 1.14 bits per heavy atom. The van der Waals surface area contributed by atoms with Gasteiger partial charge in [0.2, 0.25) is 0 Å². The van der Waals surface area contributed by atoms with Crippen molar-refractivity contribution >= 4 is 36.8 Å². The van der Waals surface area contributed by atoms with Gasteiger partial charge in [-0.05, 0) is 24.6 Å². The van der Waals surface area contributed by atoms with Crippen molar-refractivity contribution in [1.29, 1.82) is 0 Å². The lowest BCUT2D eigenvalue weighted by molar-refractivity contribution is -0.384. The average Bonchev–Trinajstić information content (AvgIpc) is 3.01. The fourth-order valence-electron chi connectivity index (χ4n) is 2.90. The fourth-order valence-corrected chi connectivity index (χ4v) is 3.48. The molecule has 0 fully saturated rings. The number of para-hydroxylation sites is 1. The highest BCUT2D eigenvalue weighted by Gasteiger charge is 2.23. The average molecular weight is 395 g/mol. The van der Waals surface area contributed by atoms with Gasteiger partial charge in [0.15, 0.2) is 0 Å². The maximum Gasteiger partial charge on any atom is 0.270 e. The van der Waals surface area contributed by atoms with Crippen molar-refractivity contribution in [2.24, 2.45) is 0 Å². The number of aromatic nitrogens is 1. The number of hydrogen-bond acceptors (Lipinski definition) is 3. The lowest BCUT2D eigenvalue weighted by Crippen LogP contribution is -2.37. The van der Waals surface area contributed by atoms with Crippen LogP contribution in [0.25, 0.3) is 23.1 Å². The predicted molar refractivity (Wildman–Crippen MR) is 118 cm³/mol. The molecule has 1 unspecified atom stereocenters. The zero-order chi connectivity index (χ0) is 20.3. The predicted octanol–water partition coefficient (Wildman–Crippen LogP) is 6.03. The van der Waals surface area contributed by atoms with Crippen LogP contribution < -0.4 is 0 Å². The van der Waals surface area contributed by atoms with Gasteiger partial charge < -0.3 is 9.72 Å². The van der Waals surface area contributed by atoms with Crippen LogP contribution in [0.2, 0.25) is 19.6 Å². The van der Waals surface area contributed by atoms with Crippen LogP contribution in [0.1, 0.15) is 23.7 Å². The second kappa shape index (κ2) is 8.12. The first-order valence-corrected chi connectivity index (χ1v) is 13.0. The molecule has 1 N–H and O–H groups in total. The molecule has 0 amide bonds. The molecular formula is C22H26N2O3Si. The SMILES string of the molecule is CC(OCc1c(C=Cc2cccc([N+](=O)[O-])c2)[nH]c2ccccc12)[Si](C)(C)C. The van der Waals surface area contributed by atoms with Gasteiger partial charge in [-0.25, -0.2) is 0 Å². The van der Waals surface area contributed by atoms with E-state index in [2.05, 4.69) is 37.6 Å². The van der Waals surface area contributed by atoms with Crippen LogP contribution in [0.15, 0.2) is 48.5 Å². The summed E-state index contributed by atoms with van der Waals surface area (Å²) in [6.07, 6.45) is 3.86. The van der Waals surface area contributed by atoms with Crippen LogP contribution in [-0.4, -0.2) is 23.7 Å². The Morgan fingerprint density at radius 2 is 1.89 bits per heavy atom. The number of fused-ring (bicyclic) bond motifs is 1. The van der Waals surface area contributed by atoms with E-state index in [-0.39, 0.29) is 16.3 Å². The van der Waals surface area contributed by atoms with E-state index in [1.807, 2.05) is 36.4 Å². The molecule has 0 spiro atoms. The minimum absolute atomic E-state index is 0.0892. The molecule has 0 aliphatic rings. The Bertz CT molecular complexity index is 1020. The van der Waals surface area contributed by atoms with Crippen LogP contribution in [0.5, 0.6) is 0 Å². The van der Waals surface area contributed by atoms with Crippen LogP contribution in [0.3, 0.4) is 0 Å². The topological polar surface area (TPSA) is 68.2 Å². The normalized spacial score (nSPS) is 13.3. The lowest BCUT2D eigenvalue weighted by atomic mass is 10.1. The van der Waals surface area contributed by atoms with Crippen molar-refractivity contribution in [2.75, 3.05) is 0 Å². The highest BCUT2D eigenvalue weighted by molar-refractivity contribution is 6.77. The van der Waals surface area contributed by atoms with Crippen LogP contribution in [0.4, 0.5) is 5.69 Å². The van der Waals surface area contributed by atoms with Gasteiger partial charge >= 0.3 is 0 Å². The van der Waals surface area contributed by atoms with Crippen molar-refractivity contribution in [3.05, 3.63) is 75.5 Å². The quantitative estimate of drug-likeness (QED) is 0.302. The van der Waals surface area contributed by atoms with Gasteiger partial charge in [0.1, 0.15) is 0 Å². The summed E-state index contributed by atoms with van der Waals surface area (Å²) in [5.41, 5.74) is 4.26. The zero-order valence-electron chi connectivity index (χ0n) is 16.7. The number of rotatable bonds is 7. The maximum absolute atomic E-state index is 11.0. The van der Waals surface area contributed by atoms with Crippen molar-refractivity contribution in [3.63, 3.8) is 0 Å². The van der Waals surface area contributed by atoms with E-state index in [0.29, 0.717) is 6.61 Å². The van der Waals surface area contributed by atoms with Gasteiger partial charge in [0, 0.05) is 40.0 Å². The summed E-state index contributed by atoms with van der Waals surface area (Å²) in [5.74, 6) is 0. The van der Waals surface area contributed by atoms with Crippen molar-refractivity contribution in [2.45, 2.75) is 38.9 Å².